The average Bonchev–Trinajstić information content (AvgIpc) is 3.39. The summed E-state index contributed by atoms with van der Waals surface area (Å²) in [5, 5.41) is 4.05. The van der Waals surface area contributed by atoms with Gasteiger partial charge in [-0.1, -0.05) is 11.2 Å². The van der Waals surface area contributed by atoms with Crippen molar-refractivity contribution in [3.05, 3.63) is 53.5 Å². The van der Waals surface area contributed by atoms with Crippen LogP contribution in [0.4, 0.5) is 5.69 Å². The lowest BCUT2D eigenvalue weighted by Crippen LogP contribution is -2.24. The van der Waals surface area contributed by atoms with Gasteiger partial charge in [0.15, 0.2) is 11.6 Å². The van der Waals surface area contributed by atoms with E-state index >= 15 is 0 Å². The molecule has 0 spiro atoms. The van der Waals surface area contributed by atoms with Crippen molar-refractivity contribution in [1.82, 2.24) is 10.1 Å². The summed E-state index contributed by atoms with van der Waals surface area (Å²) in [4.78, 5) is 18.8. The SMILES string of the molecule is O=C1CC(c2noc(-c3ccco3)n2)CN1c1ccc2c(c1)CCC2. The third kappa shape index (κ3) is 2.45. The standard InChI is InChI=1S/C19H17N3O3/c23-17-10-14(18-20-19(25-21-18)16-5-2-8-24-16)11-22(17)15-7-6-12-3-1-4-13(12)9-15/h2,5-9,14H,1,3-4,10-11H2. The van der Waals surface area contributed by atoms with Crippen molar-refractivity contribution in [2.24, 2.45) is 0 Å². The van der Waals surface area contributed by atoms with Gasteiger partial charge in [0, 0.05) is 24.6 Å². The maximum Gasteiger partial charge on any atom is 0.293 e. The molecular weight excluding hydrogens is 318 g/mol. The number of hydrogen-bond donors (Lipinski definition) is 0. The molecule has 1 aromatic carbocycles. The van der Waals surface area contributed by atoms with Gasteiger partial charge in [-0.25, -0.2) is 0 Å². The molecule has 1 fully saturated rings. The van der Waals surface area contributed by atoms with Gasteiger partial charge in [0.05, 0.1) is 6.26 Å². The van der Waals surface area contributed by atoms with E-state index in [4.69, 9.17) is 8.94 Å². The third-order valence-electron chi connectivity index (χ3n) is 5.06. The molecule has 126 valence electrons. The summed E-state index contributed by atoms with van der Waals surface area (Å²) in [6, 6.07) is 9.91. The molecule has 6 heteroatoms. The van der Waals surface area contributed by atoms with E-state index in [-0.39, 0.29) is 11.8 Å². The highest BCUT2D eigenvalue weighted by atomic mass is 16.5. The van der Waals surface area contributed by atoms with Crippen molar-refractivity contribution in [2.45, 2.75) is 31.6 Å². The number of rotatable bonds is 3. The Balaban J connectivity index is 1.38. The number of fused-ring (bicyclic) bond motifs is 1. The van der Waals surface area contributed by atoms with E-state index in [0.717, 1.165) is 18.5 Å². The van der Waals surface area contributed by atoms with E-state index in [1.54, 1.807) is 18.4 Å². The molecule has 1 unspecified atom stereocenters. The number of benzene rings is 1. The van der Waals surface area contributed by atoms with Crippen molar-refractivity contribution in [3.63, 3.8) is 0 Å². The number of nitrogens with zero attached hydrogens (tertiary/aromatic N) is 3. The van der Waals surface area contributed by atoms with Gasteiger partial charge in [-0.3, -0.25) is 4.79 Å². The maximum absolute atomic E-state index is 12.5. The van der Waals surface area contributed by atoms with Gasteiger partial charge in [0.1, 0.15) is 0 Å². The van der Waals surface area contributed by atoms with Crippen LogP contribution in [0.2, 0.25) is 0 Å². The van der Waals surface area contributed by atoms with E-state index in [2.05, 4.69) is 28.3 Å². The minimum Gasteiger partial charge on any atom is -0.459 e. The van der Waals surface area contributed by atoms with E-state index < -0.39 is 0 Å². The summed E-state index contributed by atoms with van der Waals surface area (Å²) in [5.41, 5.74) is 3.75. The second-order valence-corrected chi connectivity index (χ2v) is 6.65. The predicted molar refractivity (Wildman–Crippen MR) is 90.2 cm³/mol. The topological polar surface area (TPSA) is 72.4 Å². The molecule has 0 N–H and O–H groups in total. The highest BCUT2D eigenvalue weighted by Crippen LogP contribution is 2.34. The molecular formula is C19H17N3O3. The first-order valence-electron chi connectivity index (χ1n) is 8.57. The molecule has 2 aliphatic rings. The van der Waals surface area contributed by atoms with E-state index in [1.807, 2.05) is 4.90 Å². The molecule has 0 radical (unpaired) electrons. The third-order valence-corrected chi connectivity index (χ3v) is 5.06. The number of hydrogen-bond acceptors (Lipinski definition) is 5. The van der Waals surface area contributed by atoms with Gasteiger partial charge >= 0.3 is 0 Å². The van der Waals surface area contributed by atoms with Gasteiger partial charge < -0.3 is 13.8 Å². The molecule has 0 bridgehead atoms. The summed E-state index contributed by atoms with van der Waals surface area (Å²) in [7, 11) is 0. The van der Waals surface area contributed by atoms with Crippen LogP contribution in [-0.2, 0) is 17.6 Å². The summed E-state index contributed by atoms with van der Waals surface area (Å²) in [6.07, 6.45) is 5.41. The molecule has 5 rings (SSSR count). The van der Waals surface area contributed by atoms with Crippen LogP contribution in [0, 0.1) is 0 Å². The molecule has 2 aromatic heterocycles. The van der Waals surface area contributed by atoms with Crippen LogP contribution >= 0.6 is 0 Å². The van der Waals surface area contributed by atoms with Crippen LogP contribution in [0.1, 0.15) is 35.7 Å². The van der Waals surface area contributed by atoms with E-state index in [0.29, 0.717) is 30.4 Å². The Bertz CT molecular complexity index is 929. The summed E-state index contributed by atoms with van der Waals surface area (Å²) in [5.74, 6) is 1.49. The molecule has 25 heavy (non-hydrogen) atoms. The first-order valence-corrected chi connectivity index (χ1v) is 8.57. The molecule has 1 atom stereocenters. The van der Waals surface area contributed by atoms with Crippen molar-refractivity contribution in [1.29, 1.82) is 0 Å². The lowest BCUT2D eigenvalue weighted by Gasteiger charge is -2.17. The van der Waals surface area contributed by atoms with Crippen molar-refractivity contribution in [2.75, 3.05) is 11.4 Å². The van der Waals surface area contributed by atoms with Crippen LogP contribution in [0.15, 0.2) is 45.5 Å². The normalized spacial score (nSPS) is 19.6. The lowest BCUT2D eigenvalue weighted by atomic mass is 10.1. The van der Waals surface area contributed by atoms with Crippen molar-refractivity contribution >= 4 is 11.6 Å². The summed E-state index contributed by atoms with van der Waals surface area (Å²) >= 11 is 0. The highest BCUT2D eigenvalue weighted by Gasteiger charge is 2.35. The largest absolute Gasteiger partial charge is 0.459 e. The Morgan fingerprint density at radius 1 is 1.16 bits per heavy atom. The Hall–Kier alpha value is -2.89. The smallest absolute Gasteiger partial charge is 0.293 e. The molecule has 1 aliphatic carbocycles. The molecule has 6 nitrogen and oxygen atoms in total. The Morgan fingerprint density at radius 2 is 2.08 bits per heavy atom. The number of carbonyl (C=O) groups is 1. The fourth-order valence-corrected chi connectivity index (χ4v) is 3.76. The van der Waals surface area contributed by atoms with Gasteiger partial charge in [-0.15, -0.1) is 0 Å². The second-order valence-electron chi connectivity index (χ2n) is 6.65. The number of aryl methyl sites for hydroxylation is 2. The minimum atomic E-state index is -0.0618. The fourth-order valence-electron chi connectivity index (χ4n) is 3.76. The fraction of sp³-hybridized carbons (Fsp3) is 0.316. The zero-order chi connectivity index (χ0) is 16.8. The van der Waals surface area contributed by atoms with Crippen LogP contribution < -0.4 is 4.90 Å². The molecule has 0 saturated carbocycles. The summed E-state index contributed by atoms with van der Waals surface area (Å²) in [6.45, 7) is 0.578. The summed E-state index contributed by atoms with van der Waals surface area (Å²) < 4.78 is 10.5. The van der Waals surface area contributed by atoms with Crippen LogP contribution in [0.25, 0.3) is 11.7 Å². The van der Waals surface area contributed by atoms with E-state index in [9.17, 15) is 4.79 Å². The maximum atomic E-state index is 12.5. The number of aromatic nitrogens is 2. The minimum absolute atomic E-state index is 0.0618. The first kappa shape index (κ1) is 14.5. The van der Waals surface area contributed by atoms with Gasteiger partial charge in [0.2, 0.25) is 5.91 Å². The lowest BCUT2D eigenvalue weighted by molar-refractivity contribution is -0.117. The van der Waals surface area contributed by atoms with Crippen molar-refractivity contribution in [3.8, 4) is 11.7 Å². The number of anilines is 1. The Morgan fingerprint density at radius 3 is 2.96 bits per heavy atom. The molecule has 3 aromatic rings. The van der Waals surface area contributed by atoms with Crippen molar-refractivity contribution < 1.29 is 13.7 Å². The van der Waals surface area contributed by atoms with E-state index in [1.165, 1.54) is 17.5 Å². The number of carbonyl (C=O) groups excluding carboxylic acids is 1. The van der Waals surface area contributed by atoms with Crippen LogP contribution in [-0.4, -0.2) is 22.6 Å². The monoisotopic (exact) mass is 335 g/mol. The predicted octanol–water partition coefficient (Wildman–Crippen LogP) is 3.34. The first-order chi connectivity index (χ1) is 12.3. The zero-order valence-corrected chi connectivity index (χ0v) is 13.6. The van der Waals surface area contributed by atoms with Crippen LogP contribution in [0.3, 0.4) is 0 Å². The van der Waals surface area contributed by atoms with Gasteiger partial charge in [-0.2, -0.15) is 4.98 Å². The molecule has 1 aliphatic heterocycles. The zero-order valence-electron chi connectivity index (χ0n) is 13.6. The quantitative estimate of drug-likeness (QED) is 0.734. The Labute approximate surface area is 144 Å². The molecule has 1 amide bonds. The Kier molecular flexibility index (Phi) is 3.23. The second kappa shape index (κ2) is 5.58. The molecule has 3 heterocycles. The average molecular weight is 335 g/mol. The number of furan rings is 1. The number of amides is 1. The highest BCUT2D eigenvalue weighted by molar-refractivity contribution is 5.96. The van der Waals surface area contributed by atoms with Crippen LogP contribution in [0.5, 0.6) is 0 Å². The van der Waals surface area contributed by atoms with Gasteiger partial charge in [-0.05, 0) is 54.7 Å². The van der Waals surface area contributed by atoms with Gasteiger partial charge in [0.25, 0.3) is 5.89 Å². The molecule has 1 saturated heterocycles.